The third kappa shape index (κ3) is 31.5. The minimum Gasteiger partial charge on any atom is -0.481 e. The summed E-state index contributed by atoms with van der Waals surface area (Å²) in [5.41, 5.74) is 1.48. The number of carboxylic acid groups (broad SMARTS) is 2. The van der Waals surface area contributed by atoms with Crippen molar-refractivity contribution in [3.05, 3.63) is 11.6 Å². The van der Waals surface area contributed by atoms with Crippen LogP contribution in [-0.2, 0) is 9.59 Å². The Balaban J connectivity index is 4.03. The molecule has 0 amide bonds. The highest BCUT2D eigenvalue weighted by Crippen LogP contribution is 2.21. The largest absolute Gasteiger partial charge is 0.481 e. The second-order valence-electron chi connectivity index (χ2n) is 12.6. The topological polar surface area (TPSA) is 115 Å². The van der Waals surface area contributed by atoms with E-state index in [2.05, 4.69) is 13.0 Å². The van der Waals surface area contributed by atoms with Gasteiger partial charge in [0.15, 0.2) is 0 Å². The van der Waals surface area contributed by atoms with E-state index in [1.54, 1.807) is 0 Å². The van der Waals surface area contributed by atoms with E-state index in [1.807, 2.05) is 0 Å². The molecule has 0 aromatic heterocycles. The van der Waals surface area contributed by atoms with Crippen molar-refractivity contribution in [1.29, 1.82) is 0 Å². The number of carboxylic acids is 2. The summed E-state index contributed by atoms with van der Waals surface area (Å²) in [6.45, 7) is 2.21. The summed E-state index contributed by atoms with van der Waals surface area (Å²) in [5, 5.41) is 38.2. The fraction of sp³-hybridized carbons (Fsp3) is 0.889. The third-order valence-corrected chi connectivity index (χ3v) is 8.42. The van der Waals surface area contributed by atoms with E-state index in [-0.39, 0.29) is 18.6 Å². The number of rotatable bonds is 33. The van der Waals surface area contributed by atoms with E-state index in [0.717, 1.165) is 116 Å². The van der Waals surface area contributed by atoms with Crippen molar-refractivity contribution in [2.24, 2.45) is 0 Å². The minimum atomic E-state index is -0.700. The van der Waals surface area contributed by atoms with E-state index >= 15 is 0 Å². The average molecular weight is 597 g/mol. The maximum absolute atomic E-state index is 10.7. The van der Waals surface area contributed by atoms with Crippen LogP contribution in [0, 0.1) is 0 Å². The second kappa shape index (κ2) is 31.0. The van der Waals surface area contributed by atoms with E-state index < -0.39 is 11.9 Å². The predicted octanol–water partition coefficient (Wildman–Crippen LogP) is 10.1. The van der Waals surface area contributed by atoms with Gasteiger partial charge in [-0.05, 0) is 64.2 Å². The molecule has 1 unspecified atom stereocenters. The number of carbonyl (C=O) groups is 2. The van der Waals surface area contributed by atoms with Gasteiger partial charge in [-0.2, -0.15) is 0 Å². The highest BCUT2D eigenvalue weighted by molar-refractivity contribution is 5.66. The van der Waals surface area contributed by atoms with Crippen LogP contribution in [0.1, 0.15) is 193 Å². The van der Waals surface area contributed by atoms with Crippen molar-refractivity contribution in [3.63, 3.8) is 0 Å². The van der Waals surface area contributed by atoms with Crippen LogP contribution in [0.15, 0.2) is 11.6 Å². The smallest absolute Gasteiger partial charge is 0.303 e. The SMILES string of the molecule is CCCCCC[C@@H](O)CC=C(CCCCCCCC(=O)O)CCCCCCC(O)CCCCCCCCCCC(=O)O. The van der Waals surface area contributed by atoms with Gasteiger partial charge in [-0.25, -0.2) is 0 Å². The summed E-state index contributed by atoms with van der Waals surface area (Å²) in [6, 6.07) is 0. The molecular formula is C36H68O6. The fourth-order valence-electron chi connectivity index (χ4n) is 5.66. The second-order valence-corrected chi connectivity index (χ2v) is 12.6. The van der Waals surface area contributed by atoms with Crippen LogP contribution in [0.2, 0.25) is 0 Å². The van der Waals surface area contributed by atoms with Crippen molar-refractivity contribution in [2.75, 3.05) is 0 Å². The molecular weight excluding hydrogens is 528 g/mol. The van der Waals surface area contributed by atoms with Crippen LogP contribution in [0.25, 0.3) is 0 Å². The van der Waals surface area contributed by atoms with E-state index in [4.69, 9.17) is 10.2 Å². The van der Waals surface area contributed by atoms with Gasteiger partial charge in [0.25, 0.3) is 0 Å². The number of aliphatic hydroxyl groups is 2. The van der Waals surface area contributed by atoms with E-state index in [9.17, 15) is 19.8 Å². The lowest BCUT2D eigenvalue weighted by Gasteiger charge is -2.12. The molecule has 0 fully saturated rings. The van der Waals surface area contributed by atoms with Crippen LogP contribution in [0.3, 0.4) is 0 Å². The monoisotopic (exact) mass is 597 g/mol. The Hall–Kier alpha value is -1.40. The first-order chi connectivity index (χ1) is 20.3. The molecule has 0 aliphatic carbocycles. The number of aliphatic hydroxyl groups excluding tert-OH is 2. The third-order valence-electron chi connectivity index (χ3n) is 8.42. The summed E-state index contributed by atoms with van der Waals surface area (Å²) in [4.78, 5) is 21.2. The summed E-state index contributed by atoms with van der Waals surface area (Å²) in [5.74, 6) is -1.39. The lowest BCUT2D eigenvalue weighted by atomic mass is 9.97. The Morgan fingerprint density at radius 2 is 0.810 bits per heavy atom. The molecule has 0 aromatic carbocycles. The van der Waals surface area contributed by atoms with Gasteiger partial charge in [0, 0.05) is 12.8 Å². The van der Waals surface area contributed by atoms with E-state index in [1.165, 1.54) is 63.4 Å². The number of hydrogen-bond donors (Lipinski definition) is 4. The molecule has 0 rings (SSSR count). The van der Waals surface area contributed by atoms with Crippen molar-refractivity contribution < 1.29 is 30.0 Å². The summed E-state index contributed by atoms with van der Waals surface area (Å²) >= 11 is 0. The molecule has 0 saturated carbocycles. The molecule has 0 aliphatic rings. The van der Waals surface area contributed by atoms with Crippen molar-refractivity contribution in [1.82, 2.24) is 0 Å². The zero-order valence-corrected chi connectivity index (χ0v) is 27.3. The summed E-state index contributed by atoms with van der Waals surface area (Å²) in [7, 11) is 0. The molecule has 6 nitrogen and oxygen atoms in total. The number of allylic oxidation sites excluding steroid dienone is 1. The van der Waals surface area contributed by atoms with Crippen molar-refractivity contribution in [2.45, 2.75) is 205 Å². The van der Waals surface area contributed by atoms with E-state index in [0.29, 0.717) is 6.42 Å². The lowest BCUT2D eigenvalue weighted by molar-refractivity contribution is -0.138. The van der Waals surface area contributed by atoms with Gasteiger partial charge >= 0.3 is 11.9 Å². The quantitative estimate of drug-likeness (QED) is 0.0442. The lowest BCUT2D eigenvalue weighted by Crippen LogP contribution is -2.06. The standard InChI is InChI=1S/C36H68O6/c1-2-3-4-18-27-34(38)31-30-32(23-16-10-9-13-22-29-36(41)42)24-17-14-15-20-26-33(37)25-19-11-7-5-6-8-12-21-28-35(39)40/h30,33-34,37-38H,2-29,31H2,1H3,(H,39,40)(H,41,42)/t33?,34-/m1/s1. The molecule has 248 valence electrons. The molecule has 0 aromatic rings. The predicted molar refractivity (Wildman–Crippen MR) is 175 cm³/mol. The molecule has 0 bridgehead atoms. The highest BCUT2D eigenvalue weighted by Gasteiger charge is 2.07. The molecule has 42 heavy (non-hydrogen) atoms. The summed E-state index contributed by atoms with van der Waals surface area (Å²) in [6.07, 6.45) is 31.5. The molecule has 6 heteroatoms. The van der Waals surface area contributed by atoms with Gasteiger partial charge in [-0.15, -0.1) is 0 Å². The molecule has 0 saturated heterocycles. The van der Waals surface area contributed by atoms with Gasteiger partial charge in [0.2, 0.25) is 0 Å². The van der Waals surface area contributed by atoms with Gasteiger partial charge in [0.05, 0.1) is 12.2 Å². The molecule has 0 heterocycles. The Bertz CT molecular complexity index is 647. The number of unbranched alkanes of at least 4 members (excludes halogenated alkanes) is 17. The Morgan fingerprint density at radius 1 is 0.476 bits per heavy atom. The Kier molecular flexibility index (Phi) is 30.0. The molecule has 0 radical (unpaired) electrons. The fourth-order valence-corrected chi connectivity index (χ4v) is 5.66. The Morgan fingerprint density at radius 3 is 1.21 bits per heavy atom. The number of hydrogen-bond acceptors (Lipinski definition) is 4. The molecule has 0 spiro atoms. The van der Waals surface area contributed by atoms with Crippen molar-refractivity contribution >= 4 is 11.9 Å². The maximum atomic E-state index is 10.7. The van der Waals surface area contributed by atoms with Crippen LogP contribution in [-0.4, -0.2) is 44.6 Å². The molecule has 2 atom stereocenters. The van der Waals surface area contributed by atoms with Gasteiger partial charge in [-0.3, -0.25) is 9.59 Å². The van der Waals surface area contributed by atoms with Crippen LogP contribution >= 0.6 is 0 Å². The Labute approximate surface area is 258 Å². The number of aliphatic carboxylic acids is 2. The van der Waals surface area contributed by atoms with Crippen LogP contribution < -0.4 is 0 Å². The summed E-state index contributed by atoms with van der Waals surface area (Å²) < 4.78 is 0. The highest BCUT2D eigenvalue weighted by atomic mass is 16.4. The minimum absolute atomic E-state index is 0.175. The zero-order valence-electron chi connectivity index (χ0n) is 27.3. The van der Waals surface area contributed by atoms with Crippen LogP contribution in [0.4, 0.5) is 0 Å². The van der Waals surface area contributed by atoms with Crippen molar-refractivity contribution in [3.8, 4) is 0 Å². The van der Waals surface area contributed by atoms with Gasteiger partial charge < -0.3 is 20.4 Å². The maximum Gasteiger partial charge on any atom is 0.303 e. The first-order valence-corrected chi connectivity index (χ1v) is 17.8. The zero-order chi connectivity index (χ0) is 31.1. The first-order valence-electron chi connectivity index (χ1n) is 17.8. The first kappa shape index (κ1) is 40.6. The molecule has 0 aliphatic heterocycles. The van der Waals surface area contributed by atoms with Crippen LogP contribution in [0.5, 0.6) is 0 Å². The molecule has 4 N–H and O–H groups in total. The van der Waals surface area contributed by atoms with Gasteiger partial charge in [-0.1, -0.05) is 128 Å². The normalized spacial score (nSPS) is 13.4. The van der Waals surface area contributed by atoms with Gasteiger partial charge in [0.1, 0.15) is 0 Å². The average Bonchev–Trinajstić information content (AvgIpc) is 2.95.